The van der Waals surface area contributed by atoms with Crippen molar-refractivity contribution in [1.29, 1.82) is 0 Å². The summed E-state index contributed by atoms with van der Waals surface area (Å²) in [5.41, 5.74) is -0.535. The highest BCUT2D eigenvalue weighted by Gasteiger charge is 2.35. The zero-order chi connectivity index (χ0) is 30.6. The van der Waals surface area contributed by atoms with Gasteiger partial charge in [0.2, 0.25) is 11.3 Å². The van der Waals surface area contributed by atoms with E-state index in [2.05, 4.69) is 5.32 Å². The standard InChI is InChI=1S/C29H28F2N4O8/c1-14-13-41-27-24-19(26(37)20(28(38)39)12-34(14)24)8-22(31)25(27)33-6-5-17(10-33)42-23-4-3-16(7-21(23)30)35-11-18(43-29(35)40)9-32-15(2)36/h3-4,7-8,12,14,17-18H,5-6,9-11,13H2,1-2H3,(H,32,36)(H,38,39)/t14?,17-,18-/m0/s1. The van der Waals surface area contributed by atoms with Crippen molar-refractivity contribution in [2.24, 2.45) is 0 Å². The van der Waals surface area contributed by atoms with E-state index in [9.17, 15) is 24.3 Å². The van der Waals surface area contributed by atoms with Crippen LogP contribution in [0.25, 0.3) is 10.9 Å². The summed E-state index contributed by atoms with van der Waals surface area (Å²) in [6.45, 7) is 4.13. The molecule has 2 aromatic carbocycles. The van der Waals surface area contributed by atoms with Crippen LogP contribution in [0.4, 0.5) is 25.0 Å². The number of cyclic esters (lactones) is 1. The minimum atomic E-state index is -1.40. The molecular formula is C29H28F2N4O8. The average Bonchev–Trinajstić information content (AvgIpc) is 3.57. The number of halogens is 2. The summed E-state index contributed by atoms with van der Waals surface area (Å²) >= 11 is 0. The van der Waals surface area contributed by atoms with Gasteiger partial charge in [-0.2, -0.15) is 0 Å². The van der Waals surface area contributed by atoms with Crippen LogP contribution >= 0.6 is 0 Å². The maximum absolute atomic E-state index is 15.6. The Labute approximate surface area is 243 Å². The third kappa shape index (κ3) is 5.06. The molecule has 2 amide bonds. The lowest BCUT2D eigenvalue weighted by atomic mass is 10.1. The van der Waals surface area contributed by atoms with E-state index >= 15 is 8.78 Å². The molecule has 14 heteroatoms. The molecule has 4 heterocycles. The van der Waals surface area contributed by atoms with E-state index in [0.717, 1.165) is 12.1 Å². The van der Waals surface area contributed by atoms with Gasteiger partial charge in [-0.3, -0.25) is 14.5 Å². The number of anilines is 2. The number of pyridine rings is 1. The molecule has 0 bridgehead atoms. The third-order valence-electron chi connectivity index (χ3n) is 7.81. The SMILES string of the molecule is CC(=O)NC[C@H]1CN(c2ccc(O[C@H]3CCN(c4c(F)cc5c(=O)c(C(=O)O)cn6c5c4OCC6C)C3)c(F)c2)C(=O)O1. The molecule has 1 unspecified atom stereocenters. The average molecular weight is 599 g/mol. The van der Waals surface area contributed by atoms with Gasteiger partial charge in [0.15, 0.2) is 23.1 Å². The third-order valence-corrected chi connectivity index (χ3v) is 7.81. The number of aromatic nitrogens is 1. The molecule has 0 aliphatic carbocycles. The van der Waals surface area contributed by atoms with Gasteiger partial charge < -0.3 is 34.1 Å². The second kappa shape index (κ2) is 10.7. The molecule has 226 valence electrons. The molecule has 0 spiro atoms. The largest absolute Gasteiger partial charge is 0.487 e. The summed E-state index contributed by atoms with van der Waals surface area (Å²) in [6.07, 6.45) is -0.0407. The van der Waals surface area contributed by atoms with Crippen molar-refractivity contribution in [2.45, 2.75) is 38.5 Å². The number of amides is 2. The van der Waals surface area contributed by atoms with Crippen molar-refractivity contribution < 1.29 is 42.5 Å². The maximum atomic E-state index is 15.6. The second-order valence-corrected chi connectivity index (χ2v) is 10.8. The number of nitrogens with one attached hydrogen (secondary N) is 1. The highest BCUT2D eigenvalue weighted by atomic mass is 19.1. The molecule has 3 atom stereocenters. The highest BCUT2D eigenvalue weighted by molar-refractivity contribution is 5.97. The van der Waals surface area contributed by atoms with E-state index in [0.29, 0.717) is 18.5 Å². The molecule has 6 rings (SSSR count). The van der Waals surface area contributed by atoms with Crippen molar-refractivity contribution in [3.63, 3.8) is 0 Å². The van der Waals surface area contributed by atoms with E-state index in [1.54, 1.807) is 16.4 Å². The Morgan fingerprint density at radius 2 is 1.95 bits per heavy atom. The Kier molecular flexibility index (Phi) is 7.06. The van der Waals surface area contributed by atoms with Crippen LogP contribution in [-0.4, -0.2) is 72.6 Å². The predicted molar refractivity (Wildman–Crippen MR) is 149 cm³/mol. The van der Waals surface area contributed by atoms with Crippen LogP contribution in [0.1, 0.15) is 36.7 Å². The lowest BCUT2D eigenvalue weighted by Crippen LogP contribution is -2.33. The Balaban J connectivity index is 1.21. The molecule has 2 N–H and O–H groups in total. The van der Waals surface area contributed by atoms with Gasteiger partial charge in [0.25, 0.3) is 0 Å². The molecule has 3 aliphatic heterocycles. The first-order valence-electron chi connectivity index (χ1n) is 13.7. The Morgan fingerprint density at radius 1 is 1.16 bits per heavy atom. The van der Waals surface area contributed by atoms with E-state index in [1.165, 1.54) is 30.2 Å². The van der Waals surface area contributed by atoms with Gasteiger partial charge in [-0.25, -0.2) is 18.4 Å². The summed E-state index contributed by atoms with van der Waals surface area (Å²) < 4.78 is 49.4. The van der Waals surface area contributed by atoms with Crippen molar-refractivity contribution in [1.82, 2.24) is 9.88 Å². The van der Waals surface area contributed by atoms with Crippen molar-refractivity contribution in [3.05, 3.63) is 57.9 Å². The molecule has 0 radical (unpaired) electrons. The lowest BCUT2D eigenvalue weighted by molar-refractivity contribution is -0.119. The predicted octanol–water partition coefficient (Wildman–Crippen LogP) is 3.05. The van der Waals surface area contributed by atoms with Crippen LogP contribution in [-0.2, 0) is 9.53 Å². The summed E-state index contributed by atoms with van der Waals surface area (Å²) in [4.78, 5) is 50.9. The normalized spacial score (nSPS) is 21.1. The van der Waals surface area contributed by atoms with E-state index in [1.807, 2.05) is 0 Å². The van der Waals surface area contributed by atoms with E-state index in [4.69, 9.17) is 14.2 Å². The molecule has 3 aromatic rings. The Hall–Kier alpha value is -4.88. The van der Waals surface area contributed by atoms with Crippen LogP contribution in [0.2, 0.25) is 0 Å². The van der Waals surface area contributed by atoms with Gasteiger partial charge in [0, 0.05) is 32.2 Å². The van der Waals surface area contributed by atoms with E-state index < -0.39 is 46.9 Å². The van der Waals surface area contributed by atoms with Gasteiger partial charge in [0.1, 0.15) is 30.1 Å². The molecule has 2 saturated heterocycles. The van der Waals surface area contributed by atoms with Crippen LogP contribution < -0.4 is 30.0 Å². The molecule has 12 nitrogen and oxygen atoms in total. The molecule has 43 heavy (non-hydrogen) atoms. The Bertz CT molecular complexity index is 1730. The summed E-state index contributed by atoms with van der Waals surface area (Å²) in [7, 11) is 0. The fourth-order valence-electron chi connectivity index (χ4n) is 5.72. The highest BCUT2D eigenvalue weighted by Crippen LogP contribution is 2.43. The van der Waals surface area contributed by atoms with E-state index in [-0.39, 0.29) is 66.5 Å². The van der Waals surface area contributed by atoms with Crippen molar-refractivity contribution in [3.8, 4) is 11.5 Å². The van der Waals surface area contributed by atoms with Crippen LogP contribution in [0.3, 0.4) is 0 Å². The van der Waals surface area contributed by atoms with Gasteiger partial charge in [-0.1, -0.05) is 0 Å². The quantitative estimate of drug-likeness (QED) is 0.420. The van der Waals surface area contributed by atoms with Crippen LogP contribution in [0, 0.1) is 11.6 Å². The van der Waals surface area contributed by atoms with Crippen LogP contribution in [0.15, 0.2) is 35.3 Å². The number of carboxylic acid groups (broad SMARTS) is 1. The van der Waals surface area contributed by atoms with Crippen LogP contribution in [0.5, 0.6) is 11.5 Å². The number of carbonyl (C=O) groups is 3. The zero-order valence-electron chi connectivity index (χ0n) is 23.3. The number of hydrogen-bond acceptors (Lipinski definition) is 8. The van der Waals surface area contributed by atoms with Gasteiger partial charge in [-0.15, -0.1) is 0 Å². The number of hydrogen-bond donors (Lipinski definition) is 2. The minimum Gasteiger partial charge on any atom is -0.487 e. The first-order valence-corrected chi connectivity index (χ1v) is 13.7. The topological polar surface area (TPSA) is 140 Å². The monoisotopic (exact) mass is 598 g/mol. The smallest absolute Gasteiger partial charge is 0.414 e. The lowest BCUT2D eigenvalue weighted by Gasteiger charge is -2.31. The summed E-state index contributed by atoms with van der Waals surface area (Å²) in [5, 5.41) is 12.0. The minimum absolute atomic E-state index is 0.0432. The number of nitrogens with zero attached hydrogens (tertiary/aromatic N) is 3. The first-order chi connectivity index (χ1) is 20.5. The van der Waals surface area contributed by atoms with Crippen molar-refractivity contribution >= 4 is 40.2 Å². The molecule has 3 aliphatic rings. The zero-order valence-corrected chi connectivity index (χ0v) is 23.3. The summed E-state index contributed by atoms with van der Waals surface area (Å²) in [5.74, 6) is -2.99. The number of carboxylic acids is 1. The maximum Gasteiger partial charge on any atom is 0.414 e. The number of ether oxygens (including phenoxy) is 3. The van der Waals surface area contributed by atoms with Gasteiger partial charge in [-0.05, 0) is 25.1 Å². The number of rotatable bonds is 7. The number of carbonyl (C=O) groups excluding carboxylic acids is 2. The molecular weight excluding hydrogens is 570 g/mol. The number of aromatic carboxylic acids is 1. The fraction of sp³-hybridized carbons (Fsp3) is 0.379. The van der Waals surface area contributed by atoms with Crippen molar-refractivity contribution in [2.75, 3.05) is 42.6 Å². The first kappa shape index (κ1) is 28.2. The van der Waals surface area contributed by atoms with Gasteiger partial charge >= 0.3 is 12.1 Å². The molecule has 2 fully saturated rings. The summed E-state index contributed by atoms with van der Waals surface area (Å²) in [6, 6.07) is 4.85. The Morgan fingerprint density at radius 3 is 2.67 bits per heavy atom. The number of benzene rings is 2. The molecule has 0 saturated carbocycles. The fourth-order valence-corrected chi connectivity index (χ4v) is 5.72. The van der Waals surface area contributed by atoms with Gasteiger partial charge in [0.05, 0.1) is 42.3 Å². The second-order valence-electron chi connectivity index (χ2n) is 10.8. The molecule has 1 aromatic heterocycles.